The molecule has 0 saturated heterocycles. The zero-order valence-corrected chi connectivity index (χ0v) is 14.9. The van der Waals surface area contributed by atoms with E-state index in [4.69, 9.17) is 4.74 Å². The number of benzene rings is 1. The van der Waals surface area contributed by atoms with Crippen molar-refractivity contribution in [1.29, 1.82) is 0 Å². The van der Waals surface area contributed by atoms with Gasteiger partial charge in [-0.15, -0.1) is 0 Å². The average Bonchev–Trinajstić information content (AvgIpc) is 3.49. The molecule has 1 aliphatic rings. The van der Waals surface area contributed by atoms with Crippen molar-refractivity contribution in [3.8, 4) is 11.6 Å². The first-order chi connectivity index (χ1) is 12.5. The normalized spacial score (nSPS) is 14.7. The summed E-state index contributed by atoms with van der Waals surface area (Å²) >= 11 is 0. The topological polar surface area (TPSA) is 105 Å². The summed E-state index contributed by atoms with van der Waals surface area (Å²) in [5.74, 6) is 0.906. The van der Waals surface area contributed by atoms with Crippen molar-refractivity contribution in [3.05, 3.63) is 41.3 Å². The zero-order chi connectivity index (χ0) is 18.7. The second kappa shape index (κ2) is 7.84. The Balaban J connectivity index is 1.68. The molecule has 3 N–H and O–H groups in total. The van der Waals surface area contributed by atoms with Crippen LogP contribution < -0.4 is 15.5 Å². The minimum atomic E-state index is -0.352. The van der Waals surface area contributed by atoms with E-state index in [0.717, 1.165) is 29.4 Å². The van der Waals surface area contributed by atoms with E-state index in [0.29, 0.717) is 11.7 Å². The summed E-state index contributed by atoms with van der Waals surface area (Å²) in [6.07, 6.45) is 4.81. The Labute approximate surface area is 152 Å². The Kier molecular flexibility index (Phi) is 5.53. The van der Waals surface area contributed by atoms with Crippen LogP contribution in [0.25, 0.3) is 0 Å². The second-order valence-corrected chi connectivity index (χ2v) is 6.57. The molecule has 1 amide bonds. The van der Waals surface area contributed by atoms with Crippen LogP contribution in [0.2, 0.25) is 0 Å². The van der Waals surface area contributed by atoms with Crippen molar-refractivity contribution in [2.75, 3.05) is 6.61 Å². The molecule has 2 aromatic rings. The van der Waals surface area contributed by atoms with Crippen LogP contribution in [-0.2, 0) is 6.61 Å². The number of nitrogens with zero attached hydrogens (tertiary/aromatic N) is 2. The van der Waals surface area contributed by atoms with Gasteiger partial charge in [-0.3, -0.25) is 4.79 Å². The fraction of sp³-hybridized carbons (Fsp3) is 0.389. The van der Waals surface area contributed by atoms with E-state index in [9.17, 15) is 15.0 Å². The SMILES string of the molecule is Bc1c(CO)ccc(Oc2cnc(C(=O)NC(CO)C3CC3)cn2)c1C. The number of aromatic nitrogens is 2. The molecule has 1 aliphatic carbocycles. The van der Waals surface area contributed by atoms with Gasteiger partial charge >= 0.3 is 0 Å². The number of ether oxygens (including phenoxy) is 1. The molecule has 0 radical (unpaired) electrons. The average molecular weight is 355 g/mol. The molecule has 0 aliphatic heterocycles. The Morgan fingerprint density at radius 3 is 2.69 bits per heavy atom. The summed E-state index contributed by atoms with van der Waals surface area (Å²) < 4.78 is 5.75. The maximum Gasteiger partial charge on any atom is 0.271 e. The second-order valence-electron chi connectivity index (χ2n) is 6.57. The Morgan fingerprint density at radius 2 is 2.12 bits per heavy atom. The molecular formula is C18H22BN3O4. The molecule has 136 valence electrons. The van der Waals surface area contributed by atoms with E-state index in [-0.39, 0.29) is 36.7 Å². The molecule has 1 unspecified atom stereocenters. The van der Waals surface area contributed by atoms with Crippen LogP contribution in [0.15, 0.2) is 24.5 Å². The number of aliphatic hydroxyl groups excluding tert-OH is 2. The van der Waals surface area contributed by atoms with Gasteiger partial charge in [0.05, 0.1) is 31.6 Å². The van der Waals surface area contributed by atoms with Crippen molar-refractivity contribution in [3.63, 3.8) is 0 Å². The molecule has 8 heteroatoms. The van der Waals surface area contributed by atoms with E-state index in [1.165, 1.54) is 12.4 Å². The van der Waals surface area contributed by atoms with Crippen molar-refractivity contribution >= 4 is 19.2 Å². The van der Waals surface area contributed by atoms with E-state index in [1.807, 2.05) is 14.8 Å². The monoisotopic (exact) mass is 355 g/mol. The van der Waals surface area contributed by atoms with Gasteiger partial charge in [-0.1, -0.05) is 11.5 Å². The fourth-order valence-corrected chi connectivity index (χ4v) is 2.79. The number of nitrogens with one attached hydrogen (secondary N) is 1. The highest BCUT2D eigenvalue weighted by molar-refractivity contribution is 6.34. The third-order valence-electron chi connectivity index (χ3n) is 4.80. The molecule has 7 nitrogen and oxygen atoms in total. The molecule has 1 atom stereocenters. The molecule has 1 aromatic heterocycles. The molecule has 1 heterocycles. The van der Waals surface area contributed by atoms with Crippen LogP contribution in [0.4, 0.5) is 0 Å². The number of carbonyl (C=O) groups excluding carboxylic acids is 1. The van der Waals surface area contributed by atoms with Gasteiger partial charge in [0.15, 0.2) is 0 Å². The number of carbonyl (C=O) groups is 1. The number of aliphatic hydroxyl groups is 2. The van der Waals surface area contributed by atoms with Gasteiger partial charge in [0.25, 0.3) is 5.91 Å². The van der Waals surface area contributed by atoms with Crippen LogP contribution in [0.1, 0.15) is 34.5 Å². The molecule has 1 saturated carbocycles. The molecular weight excluding hydrogens is 333 g/mol. The fourth-order valence-electron chi connectivity index (χ4n) is 2.79. The van der Waals surface area contributed by atoms with Gasteiger partial charge in [-0.05, 0) is 42.9 Å². The Bertz CT molecular complexity index is 794. The lowest BCUT2D eigenvalue weighted by Crippen LogP contribution is -2.39. The summed E-state index contributed by atoms with van der Waals surface area (Å²) in [4.78, 5) is 20.4. The molecule has 26 heavy (non-hydrogen) atoms. The van der Waals surface area contributed by atoms with Crippen LogP contribution in [0, 0.1) is 12.8 Å². The summed E-state index contributed by atoms with van der Waals surface area (Å²) in [6, 6.07) is 3.35. The summed E-state index contributed by atoms with van der Waals surface area (Å²) in [7, 11) is 1.92. The molecule has 1 aromatic carbocycles. The summed E-state index contributed by atoms with van der Waals surface area (Å²) in [5.41, 5.74) is 2.90. The number of amides is 1. The van der Waals surface area contributed by atoms with Crippen molar-refractivity contribution in [1.82, 2.24) is 15.3 Å². The lowest BCUT2D eigenvalue weighted by molar-refractivity contribution is 0.0902. The minimum absolute atomic E-state index is 0.0216. The van der Waals surface area contributed by atoms with Crippen molar-refractivity contribution < 1.29 is 19.7 Å². The lowest BCUT2D eigenvalue weighted by atomic mass is 9.86. The first kappa shape index (κ1) is 18.3. The standard InChI is InChI=1S/C18H22BN3O4/c1-10-15(5-4-12(8-23)17(10)19)26-16-7-20-13(6-21-16)18(25)22-14(9-24)11-2-3-11/h4-7,11,14,23-24H,2-3,8-9,19H2,1H3,(H,22,25). The van der Waals surface area contributed by atoms with Gasteiger partial charge in [0.1, 0.15) is 19.3 Å². The molecule has 0 bridgehead atoms. The van der Waals surface area contributed by atoms with Crippen molar-refractivity contribution in [2.45, 2.75) is 32.4 Å². The first-order valence-electron chi connectivity index (χ1n) is 8.65. The quantitative estimate of drug-likeness (QED) is 0.596. The predicted octanol–water partition coefficient (Wildman–Crippen LogP) is -0.171. The molecule has 3 rings (SSSR count). The van der Waals surface area contributed by atoms with Crippen LogP contribution >= 0.6 is 0 Å². The predicted molar refractivity (Wildman–Crippen MR) is 98.4 cm³/mol. The van der Waals surface area contributed by atoms with Gasteiger partial charge in [-0.2, -0.15) is 0 Å². The van der Waals surface area contributed by atoms with Gasteiger partial charge in [0, 0.05) is 0 Å². The van der Waals surface area contributed by atoms with Crippen LogP contribution in [0.3, 0.4) is 0 Å². The van der Waals surface area contributed by atoms with E-state index < -0.39 is 0 Å². The Hall–Kier alpha value is -2.45. The van der Waals surface area contributed by atoms with E-state index in [2.05, 4.69) is 15.3 Å². The van der Waals surface area contributed by atoms with Gasteiger partial charge in [-0.25, -0.2) is 9.97 Å². The van der Waals surface area contributed by atoms with Crippen LogP contribution in [0.5, 0.6) is 11.6 Å². The number of hydrogen-bond acceptors (Lipinski definition) is 6. The zero-order valence-electron chi connectivity index (χ0n) is 14.9. The minimum Gasteiger partial charge on any atom is -0.437 e. The highest BCUT2D eigenvalue weighted by Gasteiger charge is 2.32. The van der Waals surface area contributed by atoms with E-state index >= 15 is 0 Å². The summed E-state index contributed by atoms with van der Waals surface area (Å²) in [6.45, 7) is 1.81. The maximum absolute atomic E-state index is 12.2. The van der Waals surface area contributed by atoms with Gasteiger partial charge in [0.2, 0.25) is 5.88 Å². The Morgan fingerprint density at radius 1 is 1.35 bits per heavy atom. The maximum atomic E-state index is 12.2. The smallest absolute Gasteiger partial charge is 0.271 e. The van der Waals surface area contributed by atoms with E-state index in [1.54, 1.807) is 12.1 Å². The molecule has 0 spiro atoms. The largest absolute Gasteiger partial charge is 0.437 e. The highest BCUT2D eigenvalue weighted by Crippen LogP contribution is 2.32. The highest BCUT2D eigenvalue weighted by atomic mass is 16.5. The summed E-state index contributed by atoms with van der Waals surface area (Å²) in [5, 5.41) is 21.4. The van der Waals surface area contributed by atoms with Gasteiger partial charge < -0.3 is 20.3 Å². The third-order valence-corrected chi connectivity index (χ3v) is 4.80. The van der Waals surface area contributed by atoms with Crippen molar-refractivity contribution in [2.24, 2.45) is 5.92 Å². The van der Waals surface area contributed by atoms with Crippen LogP contribution in [-0.4, -0.2) is 46.6 Å². The number of hydrogen-bond donors (Lipinski definition) is 3. The molecule has 1 fully saturated rings. The third kappa shape index (κ3) is 4.03. The number of rotatable bonds is 7. The first-order valence-corrected chi connectivity index (χ1v) is 8.65. The lowest BCUT2D eigenvalue weighted by Gasteiger charge is -2.15.